The minimum atomic E-state index is -0.970. The fourth-order valence-corrected chi connectivity index (χ4v) is 2.21. The van der Waals surface area contributed by atoms with Crippen LogP contribution >= 0.6 is 0 Å². The molecule has 3 heteroatoms. The molecule has 0 heterocycles. The molecule has 1 atom stereocenters. The van der Waals surface area contributed by atoms with Gasteiger partial charge in [0.15, 0.2) is 5.78 Å². The van der Waals surface area contributed by atoms with Gasteiger partial charge in [-0.2, -0.15) is 0 Å². The average molecular weight is 252 g/mol. The second kappa shape index (κ2) is 7.38. The van der Waals surface area contributed by atoms with Gasteiger partial charge in [-0.15, -0.1) is 0 Å². The van der Waals surface area contributed by atoms with E-state index < -0.39 is 10.8 Å². The number of carbonyl (C=O) groups excluding carboxylic acids is 1. The highest BCUT2D eigenvalue weighted by atomic mass is 32.2. The molecule has 1 unspecified atom stereocenters. The lowest BCUT2D eigenvalue weighted by atomic mass is 10.0. The lowest BCUT2D eigenvalue weighted by Crippen LogP contribution is -1.99. The van der Waals surface area contributed by atoms with Gasteiger partial charge in [0.2, 0.25) is 0 Å². The summed E-state index contributed by atoms with van der Waals surface area (Å²) in [7, 11) is -0.970. The van der Waals surface area contributed by atoms with Crippen molar-refractivity contribution in [3.63, 3.8) is 0 Å². The van der Waals surface area contributed by atoms with Gasteiger partial charge in [-0.25, -0.2) is 0 Å². The van der Waals surface area contributed by atoms with Crippen molar-refractivity contribution in [2.24, 2.45) is 0 Å². The molecule has 0 fully saturated rings. The molecule has 17 heavy (non-hydrogen) atoms. The molecule has 0 aliphatic rings. The molecule has 0 saturated carbocycles. The Labute approximate surface area is 106 Å². The number of hydrogen-bond acceptors (Lipinski definition) is 2. The standard InChI is InChI=1S/C14H20O2S/c1-3-4-5-6-7-14(15)12-8-10-13(11-9-12)17(2)16/h8-11H,3-7H2,1-2H3. The Hall–Kier alpha value is -0.960. The summed E-state index contributed by atoms with van der Waals surface area (Å²) in [5, 5.41) is 0. The molecule has 0 aliphatic heterocycles. The van der Waals surface area contributed by atoms with Crippen LogP contribution in [-0.2, 0) is 10.8 Å². The molecule has 0 amide bonds. The molecule has 0 saturated heterocycles. The second-order valence-corrected chi connectivity index (χ2v) is 5.59. The number of carbonyl (C=O) groups is 1. The van der Waals surface area contributed by atoms with Crippen LogP contribution in [0.1, 0.15) is 49.4 Å². The topological polar surface area (TPSA) is 34.1 Å². The van der Waals surface area contributed by atoms with Gasteiger partial charge >= 0.3 is 0 Å². The van der Waals surface area contributed by atoms with E-state index in [1.807, 2.05) is 0 Å². The summed E-state index contributed by atoms with van der Waals surface area (Å²) >= 11 is 0. The minimum Gasteiger partial charge on any atom is -0.294 e. The van der Waals surface area contributed by atoms with E-state index in [0.717, 1.165) is 23.3 Å². The number of unbranched alkanes of at least 4 members (excludes halogenated alkanes) is 3. The molecule has 0 N–H and O–H groups in total. The summed E-state index contributed by atoms with van der Waals surface area (Å²) < 4.78 is 11.2. The van der Waals surface area contributed by atoms with E-state index in [4.69, 9.17) is 0 Å². The molecule has 0 bridgehead atoms. The molecule has 1 rings (SSSR count). The summed E-state index contributed by atoms with van der Waals surface area (Å²) in [5.74, 6) is 0.189. The largest absolute Gasteiger partial charge is 0.294 e. The summed E-state index contributed by atoms with van der Waals surface area (Å²) in [5.41, 5.74) is 0.732. The molecule has 94 valence electrons. The number of Topliss-reactive ketones (excluding diaryl/α,β-unsaturated/α-hetero) is 1. The van der Waals surface area contributed by atoms with Crippen LogP contribution < -0.4 is 0 Å². The maximum Gasteiger partial charge on any atom is 0.162 e. The van der Waals surface area contributed by atoms with Gasteiger partial charge < -0.3 is 0 Å². The Bertz CT molecular complexity index is 382. The van der Waals surface area contributed by atoms with Crippen molar-refractivity contribution >= 4 is 16.6 Å². The fourth-order valence-electron chi connectivity index (χ4n) is 1.69. The number of benzene rings is 1. The molecular weight excluding hydrogens is 232 g/mol. The highest BCUT2D eigenvalue weighted by Crippen LogP contribution is 2.12. The highest BCUT2D eigenvalue weighted by molar-refractivity contribution is 7.84. The van der Waals surface area contributed by atoms with Gasteiger partial charge in [0.1, 0.15) is 0 Å². The third-order valence-electron chi connectivity index (χ3n) is 2.77. The second-order valence-electron chi connectivity index (χ2n) is 4.21. The van der Waals surface area contributed by atoms with Crippen LogP contribution in [0.15, 0.2) is 29.2 Å². The molecule has 1 aromatic rings. The molecule has 0 radical (unpaired) electrons. The Morgan fingerprint density at radius 1 is 1.12 bits per heavy atom. The molecule has 0 aromatic heterocycles. The van der Waals surface area contributed by atoms with Crippen molar-refractivity contribution < 1.29 is 9.00 Å². The smallest absolute Gasteiger partial charge is 0.162 e. The third kappa shape index (κ3) is 4.82. The fraction of sp³-hybridized carbons (Fsp3) is 0.500. The Morgan fingerprint density at radius 3 is 2.29 bits per heavy atom. The lowest BCUT2D eigenvalue weighted by molar-refractivity contribution is 0.0979. The molecule has 2 nitrogen and oxygen atoms in total. The molecular formula is C14H20O2S. The van der Waals surface area contributed by atoms with E-state index in [2.05, 4.69) is 6.92 Å². The average Bonchev–Trinajstić information content (AvgIpc) is 2.34. The van der Waals surface area contributed by atoms with Crippen LogP contribution in [0, 0.1) is 0 Å². The zero-order valence-electron chi connectivity index (χ0n) is 10.6. The Morgan fingerprint density at radius 2 is 1.76 bits per heavy atom. The maximum atomic E-state index is 11.8. The third-order valence-corrected chi connectivity index (χ3v) is 3.70. The van der Waals surface area contributed by atoms with E-state index in [1.165, 1.54) is 12.8 Å². The van der Waals surface area contributed by atoms with Crippen molar-refractivity contribution in [2.75, 3.05) is 6.26 Å². The minimum absolute atomic E-state index is 0.189. The van der Waals surface area contributed by atoms with Crippen LogP contribution in [0.5, 0.6) is 0 Å². The molecule has 0 spiro atoms. The van der Waals surface area contributed by atoms with Crippen LogP contribution in [0.4, 0.5) is 0 Å². The van der Waals surface area contributed by atoms with E-state index in [-0.39, 0.29) is 5.78 Å². The summed E-state index contributed by atoms with van der Waals surface area (Å²) in [6.45, 7) is 2.16. The van der Waals surface area contributed by atoms with Crippen molar-refractivity contribution in [3.8, 4) is 0 Å². The monoisotopic (exact) mass is 252 g/mol. The first-order valence-electron chi connectivity index (χ1n) is 6.12. The van der Waals surface area contributed by atoms with E-state index in [9.17, 15) is 9.00 Å². The molecule has 1 aromatic carbocycles. The zero-order chi connectivity index (χ0) is 12.7. The van der Waals surface area contributed by atoms with E-state index in [1.54, 1.807) is 30.5 Å². The first kappa shape index (κ1) is 14.1. The summed E-state index contributed by atoms with van der Waals surface area (Å²) in [4.78, 5) is 12.6. The van der Waals surface area contributed by atoms with Crippen LogP contribution in [-0.4, -0.2) is 16.2 Å². The van der Waals surface area contributed by atoms with Crippen molar-refractivity contribution in [2.45, 2.75) is 43.9 Å². The highest BCUT2D eigenvalue weighted by Gasteiger charge is 2.06. The van der Waals surface area contributed by atoms with Crippen molar-refractivity contribution in [3.05, 3.63) is 29.8 Å². The van der Waals surface area contributed by atoms with Gasteiger partial charge in [-0.3, -0.25) is 9.00 Å². The Balaban J connectivity index is 2.49. The van der Waals surface area contributed by atoms with Gasteiger partial charge in [-0.05, 0) is 18.6 Å². The first-order valence-corrected chi connectivity index (χ1v) is 7.67. The van der Waals surface area contributed by atoms with Gasteiger partial charge in [0, 0.05) is 33.9 Å². The van der Waals surface area contributed by atoms with E-state index in [0.29, 0.717) is 6.42 Å². The summed E-state index contributed by atoms with van der Waals surface area (Å²) in [6.07, 6.45) is 6.73. The van der Waals surface area contributed by atoms with Gasteiger partial charge in [0.25, 0.3) is 0 Å². The normalized spacial score (nSPS) is 12.4. The predicted octanol–water partition coefficient (Wildman–Crippen LogP) is 3.58. The number of ketones is 1. The number of rotatable bonds is 7. The maximum absolute atomic E-state index is 11.8. The lowest BCUT2D eigenvalue weighted by Gasteiger charge is -2.02. The quantitative estimate of drug-likeness (QED) is 0.549. The van der Waals surface area contributed by atoms with Gasteiger partial charge in [-0.1, -0.05) is 38.3 Å². The van der Waals surface area contributed by atoms with Crippen LogP contribution in [0.3, 0.4) is 0 Å². The summed E-state index contributed by atoms with van der Waals surface area (Å²) in [6, 6.07) is 7.10. The SMILES string of the molecule is CCCCCCC(=O)c1ccc(S(C)=O)cc1. The van der Waals surface area contributed by atoms with Gasteiger partial charge in [0.05, 0.1) is 0 Å². The molecule has 0 aliphatic carbocycles. The number of hydrogen-bond donors (Lipinski definition) is 0. The van der Waals surface area contributed by atoms with Crippen LogP contribution in [0.2, 0.25) is 0 Å². The predicted molar refractivity (Wildman–Crippen MR) is 71.9 cm³/mol. The van der Waals surface area contributed by atoms with Crippen LogP contribution in [0.25, 0.3) is 0 Å². The van der Waals surface area contributed by atoms with E-state index >= 15 is 0 Å². The Kier molecular flexibility index (Phi) is 6.12. The van der Waals surface area contributed by atoms with Crippen molar-refractivity contribution in [1.82, 2.24) is 0 Å². The first-order chi connectivity index (χ1) is 8.15. The zero-order valence-corrected chi connectivity index (χ0v) is 11.4. The van der Waals surface area contributed by atoms with Crippen molar-refractivity contribution in [1.29, 1.82) is 0 Å².